The number of likely N-dealkylation sites (tertiary alicyclic amines) is 1. The summed E-state index contributed by atoms with van der Waals surface area (Å²) < 4.78 is 0. The van der Waals surface area contributed by atoms with Gasteiger partial charge >= 0.3 is 0 Å². The predicted molar refractivity (Wildman–Crippen MR) is 92.9 cm³/mol. The quantitative estimate of drug-likeness (QED) is 0.930. The predicted octanol–water partition coefficient (Wildman–Crippen LogP) is 3.23. The van der Waals surface area contributed by atoms with Crippen molar-refractivity contribution in [3.05, 3.63) is 59.4 Å². The molecule has 6 heteroatoms. The Balaban J connectivity index is 1.56. The molecule has 2 aromatic rings. The summed E-state index contributed by atoms with van der Waals surface area (Å²) in [6.07, 6.45) is 4.49. The summed E-state index contributed by atoms with van der Waals surface area (Å²) in [4.78, 5) is 30.5. The van der Waals surface area contributed by atoms with Gasteiger partial charge < -0.3 is 10.2 Å². The number of carbonyl (C=O) groups is 2. The lowest BCUT2D eigenvalue weighted by atomic mass is 9.95. The van der Waals surface area contributed by atoms with Gasteiger partial charge in [-0.1, -0.05) is 23.7 Å². The fourth-order valence-corrected chi connectivity index (χ4v) is 3.00. The van der Waals surface area contributed by atoms with Gasteiger partial charge in [0, 0.05) is 31.4 Å². The molecule has 124 valence electrons. The highest BCUT2D eigenvalue weighted by molar-refractivity contribution is 6.33. The monoisotopic (exact) mass is 343 g/mol. The van der Waals surface area contributed by atoms with E-state index in [1.54, 1.807) is 41.6 Å². The van der Waals surface area contributed by atoms with Crippen molar-refractivity contribution in [3.8, 4) is 0 Å². The van der Waals surface area contributed by atoms with Crippen molar-refractivity contribution >= 4 is 29.1 Å². The van der Waals surface area contributed by atoms with Crippen LogP contribution in [0.25, 0.3) is 0 Å². The van der Waals surface area contributed by atoms with Gasteiger partial charge in [-0.05, 0) is 37.1 Å². The molecule has 0 atom stereocenters. The molecule has 2 amide bonds. The third kappa shape index (κ3) is 3.74. The zero-order valence-corrected chi connectivity index (χ0v) is 13.9. The maximum Gasteiger partial charge on any atom is 0.255 e. The molecule has 1 aromatic carbocycles. The van der Waals surface area contributed by atoms with Gasteiger partial charge in [0.2, 0.25) is 5.91 Å². The minimum absolute atomic E-state index is 0.0342. The highest BCUT2D eigenvalue weighted by Crippen LogP contribution is 2.24. The molecule has 3 rings (SSSR count). The number of hydrogen-bond acceptors (Lipinski definition) is 3. The van der Waals surface area contributed by atoms with E-state index in [4.69, 9.17) is 11.6 Å². The van der Waals surface area contributed by atoms with Crippen molar-refractivity contribution in [3.63, 3.8) is 0 Å². The van der Waals surface area contributed by atoms with Gasteiger partial charge in [0.15, 0.2) is 0 Å². The minimum Gasteiger partial charge on any atom is -0.339 e. The van der Waals surface area contributed by atoms with Crippen LogP contribution in [0.15, 0.2) is 48.8 Å². The summed E-state index contributed by atoms with van der Waals surface area (Å²) in [6.45, 7) is 1.13. The Kier molecular flexibility index (Phi) is 5.11. The maximum absolute atomic E-state index is 12.4. The summed E-state index contributed by atoms with van der Waals surface area (Å²) in [5.74, 6) is -0.191. The van der Waals surface area contributed by atoms with Crippen molar-refractivity contribution in [2.75, 3.05) is 18.4 Å². The third-order valence-electron chi connectivity index (χ3n) is 4.19. The van der Waals surface area contributed by atoms with Crippen molar-refractivity contribution < 1.29 is 9.59 Å². The van der Waals surface area contributed by atoms with Gasteiger partial charge in [-0.2, -0.15) is 0 Å². The van der Waals surface area contributed by atoms with Crippen LogP contribution in [-0.2, 0) is 4.79 Å². The Morgan fingerprint density at radius 2 is 1.88 bits per heavy atom. The summed E-state index contributed by atoms with van der Waals surface area (Å²) >= 11 is 6.07. The number of hydrogen-bond donors (Lipinski definition) is 1. The zero-order valence-electron chi connectivity index (χ0n) is 13.1. The number of pyridine rings is 1. The lowest BCUT2D eigenvalue weighted by molar-refractivity contribution is -0.121. The SMILES string of the molecule is O=C(Nc1ccccc1Cl)C1CCN(C(=O)c2cccnc2)CC1. The van der Waals surface area contributed by atoms with E-state index in [1.807, 2.05) is 12.1 Å². The Morgan fingerprint density at radius 1 is 1.12 bits per heavy atom. The highest BCUT2D eigenvalue weighted by atomic mass is 35.5. The Labute approximate surface area is 145 Å². The molecule has 24 heavy (non-hydrogen) atoms. The van der Waals surface area contributed by atoms with Crippen LogP contribution in [-0.4, -0.2) is 34.8 Å². The molecule has 0 aliphatic carbocycles. The Hall–Kier alpha value is -2.40. The second-order valence-corrected chi connectivity index (χ2v) is 6.18. The maximum atomic E-state index is 12.4. The summed E-state index contributed by atoms with van der Waals surface area (Å²) in [6, 6.07) is 10.7. The molecule has 0 spiro atoms. The Morgan fingerprint density at radius 3 is 2.54 bits per heavy atom. The van der Waals surface area contributed by atoms with Crippen LogP contribution >= 0.6 is 11.6 Å². The van der Waals surface area contributed by atoms with Gasteiger partial charge in [0.25, 0.3) is 5.91 Å². The van der Waals surface area contributed by atoms with E-state index in [0.29, 0.717) is 42.2 Å². The van der Waals surface area contributed by atoms with Gasteiger partial charge in [-0.25, -0.2) is 0 Å². The number of benzene rings is 1. The van der Waals surface area contributed by atoms with Crippen LogP contribution in [0.5, 0.6) is 0 Å². The standard InChI is InChI=1S/C18H18ClN3O2/c19-15-5-1-2-6-16(15)21-17(23)13-7-10-22(11-8-13)18(24)14-4-3-9-20-12-14/h1-6,9,12-13H,7-8,10-11H2,(H,21,23). The van der Waals surface area contributed by atoms with Crippen LogP contribution in [0, 0.1) is 5.92 Å². The normalized spacial score (nSPS) is 15.1. The molecular weight excluding hydrogens is 326 g/mol. The van der Waals surface area contributed by atoms with Crippen molar-refractivity contribution in [2.24, 2.45) is 5.92 Å². The van der Waals surface area contributed by atoms with Gasteiger partial charge in [-0.15, -0.1) is 0 Å². The number of piperidine rings is 1. The molecule has 1 saturated heterocycles. The van der Waals surface area contributed by atoms with E-state index in [-0.39, 0.29) is 17.7 Å². The van der Waals surface area contributed by atoms with Gasteiger partial charge in [0.05, 0.1) is 16.3 Å². The van der Waals surface area contributed by atoms with Crippen LogP contribution in [0.4, 0.5) is 5.69 Å². The molecule has 0 unspecified atom stereocenters. The molecule has 1 aromatic heterocycles. The van der Waals surface area contributed by atoms with Gasteiger partial charge in [0.1, 0.15) is 0 Å². The first-order valence-corrected chi connectivity index (χ1v) is 8.27. The Bertz CT molecular complexity index is 728. The zero-order chi connectivity index (χ0) is 16.9. The number of anilines is 1. The summed E-state index contributed by atoms with van der Waals surface area (Å²) in [5.41, 5.74) is 1.20. The van der Waals surface area contributed by atoms with Crippen LogP contribution in [0.2, 0.25) is 5.02 Å². The van der Waals surface area contributed by atoms with E-state index >= 15 is 0 Å². The third-order valence-corrected chi connectivity index (χ3v) is 4.52. The number of carbonyl (C=O) groups excluding carboxylic acids is 2. The average molecular weight is 344 g/mol. The fraction of sp³-hybridized carbons (Fsp3) is 0.278. The lowest BCUT2D eigenvalue weighted by Crippen LogP contribution is -2.41. The fourth-order valence-electron chi connectivity index (χ4n) is 2.81. The summed E-state index contributed by atoms with van der Waals surface area (Å²) in [7, 11) is 0. The first-order chi connectivity index (χ1) is 11.6. The molecule has 1 N–H and O–H groups in total. The second-order valence-electron chi connectivity index (χ2n) is 5.78. The number of rotatable bonds is 3. The molecule has 0 radical (unpaired) electrons. The molecule has 0 saturated carbocycles. The number of nitrogens with one attached hydrogen (secondary N) is 1. The topological polar surface area (TPSA) is 62.3 Å². The first-order valence-electron chi connectivity index (χ1n) is 7.90. The second kappa shape index (κ2) is 7.45. The van der Waals surface area contributed by atoms with Crippen LogP contribution in [0.3, 0.4) is 0 Å². The largest absolute Gasteiger partial charge is 0.339 e. The highest BCUT2D eigenvalue weighted by Gasteiger charge is 2.28. The number of amides is 2. The summed E-state index contributed by atoms with van der Waals surface area (Å²) in [5, 5.41) is 3.39. The molecule has 0 bridgehead atoms. The smallest absolute Gasteiger partial charge is 0.255 e. The van der Waals surface area contributed by atoms with E-state index in [9.17, 15) is 9.59 Å². The molecular formula is C18H18ClN3O2. The minimum atomic E-state index is -0.112. The average Bonchev–Trinajstić information content (AvgIpc) is 2.64. The number of para-hydroxylation sites is 1. The van der Waals surface area contributed by atoms with E-state index < -0.39 is 0 Å². The van der Waals surface area contributed by atoms with Crippen LogP contribution in [0.1, 0.15) is 23.2 Å². The molecule has 5 nitrogen and oxygen atoms in total. The van der Waals surface area contributed by atoms with Gasteiger partial charge in [-0.3, -0.25) is 14.6 Å². The molecule has 1 aliphatic rings. The number of aromatic nitrogens is 1. The van der Waals surface area contributed by atoms with Crippen LogP contribution < -0.4 is 5.32 Å². The van der Waals surface area contributed by atoms with E-state index in [1.165, 1.54) is 0 Å². The lowest BCUT2D eigenvalue weighted by Gasteiger charge is -2.31. The number of nitrogens with zero attached hydrogens (tertiary/aromatic N) is 2. The molecule has 1 aliphatic heterocycles. The van der Waals surface area contributed by atoms with Crippen molar-refractivity contribution in [1.29, 1.82) is 0 Å². The number of halogens is 1. The first kappa shape index (κ1) is 16.5. The molecule has 2 heterocycles. The van der Waals surface area contributed by atoms with E-state index in [2.05, 4.69) is 10.3 Å². The molecule has 1 fully saturated rings. The van der Waals surface area contributed by atoms with E-state index in [0.717, 1.165) is 0 Å². The van der Waals surface area contributed by atoms with Crippen molar-refractivity contribution in [2.45, 2.75) is 12.8 Å². The van der Waals surface area contributed by atoms with Crippen molar-refractivity contribution in [1.82, 2.24) is 9.88 Å².